The predicted octanol–water partition coefficient (Wildman–Crippen LogP) is 1.59. The molecule has 26 heavy (non-hydrogen) atoms. The fraction of sp³-hybridized carbons (Fsp3) is 0.263. The second kappa shape index (κ2) is 10.7. The van der Waals surface area contributed by atoms with Crippen molar-refractivity contribution in [2.24, 2.45) is 0 Å². The summed E-state index contributed by atoms with van der Waals surface area (Å²) in [4.78, 5) is 23.1. The van der Waals surface area contributed by atoms with Crippen molar-refractivity contribution in [2.45, 2.75) is 6.10 Å². The Balaban J connectivity index is 1.55. The first kappa shape index (κ1) is 19.3. The molecule has 0 radical (unpaired) electrons. The van der Waals surface area contributed by atoms with Crippen LogP contribution in [0.4, 0.5) is 0 Å². The number of aliphatic hydroxyl groups excluding tert-OH is 1. The fourth-order valence-electron chi connectivity index (χ4n) is 1.83. The molecule has 0 unspecified atom stereocenters. The Morgan fingerprint density at radius 3 is 1.50 bits per heavy atom. The van der Waals surface area contributed by atoms with Gasteiger partial charge in [-0.3, -0.25) is 0 Å². The number of carbonyl (C=O) groups excluding carboxylic acids is 2. The molecule has 0 saturated carbocycles. The molecule has 138 valence electrons. The minimum Gasteiger partial charge on any atom is -0.482 e. The molecule has 0 bridgehead atoms. The normalized spacial score (nSPS) is 10.2. The zero-order chi connectivity index (χ0) is 18.6. The van der Waals surface area contributed by atoms with Gasteiger partial charge in [-0.1, -0.05) is 36.4 Å². The third kappa shape index (κ3) is 7.67. The molecule has 0 fully saturated rings. The van der Waals surface area contributed by atoms with Gasteiger partial charge in [0.25, 0.3) is 0 Å². The standard InChI is InChI=1S/C19H20O7/c20-15(11-25-18(21)13-23-16-7-3-1-4-8-16)12-26-19(22)14-24-17-9-5-2-6-10-17/h1-10,15,20H,11-14H2. The van der Waals surface area contributed by atoms with Crippen LogP contribution in [0.3, 0.4) is 0 Å². The number of benzene rings is 2. The fourth-order valence-corrected chi connectivity index (χ4v) is 1.83. The highest BCUT2D eigenvalue weighted by Gasteiger charge is 2.13. The van der Waals surface area contributed by atoms with Crippen molar-refractivity contribution >= 4 is 11.9 Å². The molecule has 0 heterocycles. The number of esters is 2. The SMILES string of the molecule is O=C(COc1ccccc1)OCC(O)COC(=O)COc1ccccc1. The van der Waals surface area contributed by atoms with Crippen LogP contribution in [0.1, 0.15) is 0 Å². The molecule has 0 saturated heterocycles. The lowest BCUT2D eigenvalue weighted by Crippen LogP contribution is -2.28. The Labute approximate surface area is 151 Å². The van der Waals surface area contributed by atoms with Gasteiger partial charge < -0.3 is 24.1 Å². The van der Waals surface area contributed by atoms with E-state index in [4.69, 9.17) is 18.9 Å². The average Bonchev–Trinajstić information content (AvgIpc) is 2.69. The summed E-state index contributed by atoms with van der Waals surface area (Å²) in [7, 11) is 0. The largest absolute Gasteiger partial charge is 0.482 e. The highest BCUT2D eigenvalue weighted by atomic mass is 16.6. The van der Waals surface area contributed by atoms with Crippen LogP contribution in [0.2, 0.25) is 0 Å². The first-order chi connectivity index (χ1) is 12.6. The summed E-state index contributed by atoms with van der Waals surface area (Å²) in [6.45, 7) is -1.16. The van der Waals surface area contributed by atoms with Crippen LogP contribution in [0.25, 0.3) is 0 Å². The molecule has 7 heteroatoms. The van der Waals surface area contributed by atoms with Crippen molar-refractivity contribution in [1.82, 2.24) is 0 Å². The van der Waals surface area contributed by atoms with Gasteiger partial charge in [-0.05, 0) is 24.3 Å². The molecule has 0 spiro atoms. The first-order valence-corrected chi connectivity index (χ1v) is 7.98. The number of aliphatic hydroxyl groups is 1. The molecular weight excluding hydrogens is 340 g/mol. The lowest BCUT2D eigenvalue weighted by molar-refractivity contribution is -0.154. The first-order valence-electron chi connectivity index (χ1n) is 7.98. The topological polar surface area (TPSA) is 91.3 Å². The Bertz CT molecular complexity index is 613. The van der Waals surface area contributed by atoms with Crippen molar-refractivity contribution in [1.29, 1.82) is 0 Å². The van der Waals surface area contributed by atoms with Gasteiger partial charge in [-0.2, -0.15) is 0 Å². The monoisotopic (exact) mass is 360 g/mol. The van der Waals surface area contributed by atoms with Gasteiger partial charge in [0.2, 0.25) is 0 Å². The lowest BCUT2D eigenvalue weighted by Gasteiger charge is -2.12. The van der Waals surface area contributed by atoms with E-state index in [1.165, 1.54) is 0 Å². The molecule has 1 N–H and O–H groups in total. The average molecular weight is 360 g/mol. The van der Waals surface area contributed by atoms with Gasteiger partial charge >= 0.3 is 11.9 Å². The number of hydrogen-bond acceptors (Lipinski definition) is 7. The van der Waals surface area contributed by atoms with Crippen molar-refractivity contribution in [2.75, 3.05) is 26.4 Å². The van der Waals surface area contributed by atoms with Gasteiger partial charge in [0.15, 0.2) is 13.2 Å². The summed E-state index contributed by atoms with van der Waals surface area (Å²) in [5.74, 6) is -0.187. The Morgan fingerprint density at radius 1 is 0.731 bits per heavy atom. The highest BCUT2D eigenvalue weighted by molar-refractivity contribution is 5.71. The molecular formula is C19H20O7. The van der Waals surface area contributed by atoms with Crippen LogP contribution in [-0.4, -0.2) is 49.6 Å². The molecule has 2 rings (SSSR count). The van der Waals surface area contributed by atoms with E-state index < -0.39 is 18.0 Å². The van der Waals surface area contributed by atoms with Crippen LogP contribution in [0.15, 0.2) is 60.7 Å². The number of para-hydroxylation sites is 2. The van der Waals surface area contributed by atoms with Crippen LogP contribution >= 0.6 is 0 Å². The Kier molecular flexibility index (Phi) is 7.95. The zero-order valence-electron chi connectivity index (χ0n) is 14.1. The third-order valence-electron chi connectivity index (χ3n) is 3.07. The van der Waals surface area contributed by atoms with E-state index in [1.54, 1.807) is 48.5 Å². The molecule has 7 nitrogen and oxygen atoms in total. The molecule has 0 aliphatic heterocycles. The molecule has 0 aliphatic rings. The lowest BCUT2D eigenvalue weighted by atomic mass is 10.3. The van der Waals surface area contributed by atoms with Crippen LogP contribution in [0.5, 0.6) is 11.5 Å². The Morgan fingerprint density at radius 2 is 1.12 bits per heavy atom. The van der Waals surface area contributed by atoms with E-state index in [-0.39, 0.29) is 26.4 Å². The third-order valence-corrected chi connectivity index (χ3v) is 3.07. The molecule has 0 amide bonds. The zero-order valence-corrected chi connectivity index (χ0v) is 14.1. The minimum absolute atomic E-state index is 0.276. The van der Waals surface area contributed by atoms with Crippen LogP contribution in [0, 0.1) is 0 Å². The van der Waals surface area contributed by atoms with Gasteiger partial charge in [0.1, 0.15) is 30.8 Å². The molecule has 2 aromatic rings. The minimum atomic E-state index is -1.13. The number of hydrogen-bond donors (Lipinski definition) is 1. The van der Waals surface area contributed by atoms with Crippen LogP contribution < -0.4 is 9.47 Å². The molecule has 0 aliphatic carbocycles. The van der Waals surface area contributed by atoms with Gasteiger partial charge in [0.05, 0.1) is 0 Å². The second-order valence-electron chi connectivity index (χ2n) is 5.22. The van der Waals surface area contributed by atoms with Gasteiger partial charge in [-0.25, -0.2) is 9.59 Å². The molecule has 0 aromatic heterocycles. The van der Waals surface area contributed by atoms with Crippen LogP contribution in [-0.2, 0) is 19.1 Å². The van der Waals surface area contributed by atoms with E-state index in [2.05, 4.69) is 0 Å². The maximum atomic E-state index is 11.5. The maximum absolute atomic E-state index is 11.5. The second-order valence-corrected chi connectivity index (χ2v) is 5.22. The van der Waals surface area contributed by atoms with E-state index in [9.17, 15) is 14.7 Å². The van der Waals surface area contributed by atoms with E-state index in [0.717, 1.165) is 0 Å². The number of ether oxygens (including phenoxy) is 4. The van der Waals surface area contributed by atoms with Gasteiger partial charge in [0, 0.05) is 0 Å². The summed E-state index contributed by atoms with van der Waals surface area (Å²) in [6.07, 6.45) is -1.13. The van der Waals surface area contributed by atoms with E-state index in [1.807, 2.05) is 12.1 Å². The van der Waals surface area contributed by atoms with Crippen molar-refractivity contribution in [3.8, 4) is 11.5 Å². The van der Waals surface area contributed by atoms with E-state index in [0.29, 0.717) is 11.5 Å². The number of carbonyl (C=O) groups is 2. The quantitative estimate of drug-likeness (QED) is 0.643. The summed E-state index contributed by atoms with van der Waals surface area (Å²) >= 11 is 0. The predicted molar refractivity (Wildman–Crippen MR) is 91.8 cm³/mol. The molecule has 0 atom stereocenters. The summed E-state index contributed by atoms with van der Waals surface area (Å²) in [5, 5.41) is 9.68. The maximum Gasteiger partial charge on any atom is 0.344 e. The van der Waals surface area contributed by atoms with Crippen molar-refractivity contribution < 1.29 is 33.6 Å². The van der Waals surface area contributed by atoms with Crippen molar-refractivity contribution in [3.05, 3.63) is 60.7 Å². The Hall–Kier alpha value is -3.06. The highest BCUT2D eigenvalue weighted by Crippen LogP contribution is 2.08. The van der Waals surface area contributed by atoms with Crippen molar-refractivity contribution in [3.63, 3.8) is 0 Å². The summed E-state index contributed by atoms with van der Waals surface area (Å²) in [6, 6.07) is 17.6. The summed E-state index contributed by atoms with van der Waals surface area (Å²) < 4.78 is 20.1. The summed E-state index contributed by atoms with van der Waals surface area (Å²) in [5.41, 5.74) is 0. The smallest absolute Gasteiger partial charge is 0.344 e. The van der Waals surface area contributed by atoms with Gasteiger partial charge in [-0.15, -0.1) is 0 Å². The number of rotatable bonds is 10. The molecule has 2 aromatic carbocycles. The van der Waals surface area contributed by atoms with E-state index >= 15 is 0 Å².